The van der Waals surface area contributed by atoms with Crippen molar-refractivity contribution in [3.8, 4) is 11.6 Å². The average Bonchev–Trinajstić information content (AvgIpc) is 2.88. The molecule has 23 heavy (non-hydrogen) atoms. The molecule has 0 unspecified atom stereocenters. The minimum absolute atomic E-state index is 0.170. The van der Waals surface area contributed by atoms with E-state index in [1.54, 1.807) is 28.9 Å². The van der Waals surface area contributed by atoms with Crippen LogP contribution in [0.15, 0.2) is 47.8 Å². The molecule has 2 N–H and O–H groups in total. The van der Waals surface area contributed by atoms with Crippen molar-refractivity contribution in [3.05, 3.63) is 59.7 Å². The third-order valence-electron chi connectivity index (χ3n) is 3.20. The summed E-state index contributed by atoms with van der Waals surface area (Å²) in [4.78, 5) is 8.34. The minimum atomic E-state index is 0.170. The van der Waals surface area contributed by atoms with Gasteiger partial charge in [0, 0.05) is 17.3 Å². The van der Waals surface area contributed by atoms with Crippen LogP contribution in [0.1, 0.15) is 17.0 Å². The maximum atomic E-state index is 9.68. The number of hydrazone groups is 1. The Kier molecular flexibility index (Phi) is 4.01. The molecule has 7 heteroatoms. The third-order valence-corrected chi connectivity index (χ3v) is 3.20. The number of hydrogen-bond donors (Lipinski definition) is 2. The van der Waals surface area contributed by atoms with Crippen molar-refractivity contribution in [2.45, 2.75) is 13.8 Å². The van der Waals surface area contributed by atoms with Gasteiger partial charge < -0.3 is 5.11 Å². The van der Waals surface area contributed by atoms with Gasteiger partial charge in [-0.15, -0.1) is 0 Å². The van der Waals surface area contributed by atoms with E-state index < -0.39 is 0 Å². The molecule has 0 saturated heterocycles. The van der Waals surface area contributed by atoms with E-state index in [0.29, 0.717) is 17.2 Å². The van der Waals surface area contributed by atoms with Gasteiger partial charge in [-0.25, -0.2) is 14.6 Å². The Morgan fingerprint density at radius 1 is 1.17 bits per heavy atom. The lowest BCUT2D eigenvalue weighted by molar-refractivity contribution is 0.474. The normalized spacial score (nSPS) is 11.0. The predicted molar refractivity (Wildman–Crippen MR) is 88.0 cm³/mol. The second kappa shape index (κ2) is 6.27. The van der Waals surface area contributed by atoms with Crippen LogP contribution >= 0.6 is 0 Å². The van der Waals surface area contributed by atoms with Crippen LogP contribution < -0.4 is 5.43 Å². The van der Waals surface area contributed by atoms with Gasteiger partial charge >= 0.3 is 0 Å². The molecule has 0 aliphatic heterocycles. The maximum absolute atomic E-state index is 9.68. The quantitative estimate of drug-likeness (QED) is 0.571. The second-order valence-corrected chi connectivity index (χ2v) is 5.03. The number of nitrogens with zero attached hydrogens (tertiary/aromatic N) is 5. The SMILES string of the molecule is Cc1cc(C)n(-c2cc(NN=Cc3ccccc3O)ncn2)n1. The van der Waals surface area contributed by atoms with E-state index in [4.69, 9.17) is 0 Å². The fraction of sp³-hybridized carbons (Fsp3) is 0.125. The summed E-state index contributed by atoms with van der Waals surface area (Å²) >= 11 is 0. The van der Waals surface area contributed by atoms with Crippen LogP contribution in [0.3, 0.4) is 0 Å². The lowest BCUT2D eigenvalue weighted by Gasteiger charge is -2.05. The first-order valence-electron chi connectivity index (χ1n) is 7.06. The summed E-state index contributed by atoms with van der Waals surface area (Å²) in [5, 5.41) is 18.1. The van der Waals surface area contributed by atoms with Crippen LogP contribution in [0.2, 0.25) is 0 Å². The third kappa shape index (κ3) is 3.34. The van der Waals surface area contributed by atoms with E-state index in [1.165, 1.54) is 12.5 Å². The van der Waals surface area contributed by atoms with Gasteiger partial charge in [0.25, 0.3) is 0 Å². The highest BCUT2D eigenvalue weighted by atomic mass is 16.3. The predicted octanol–water partition coefficient (Wildman–Crippen LogP) is 2.43. The molecule has 116 valence electrons. The molecule has 2 heterocycles. The molecule has 0 amide bonds. The van der Waals surface area contributed by atoms with Gasteiger partial charge in [-0.3, -0.25) is 5.43 Å². The van der Waals surface area contributed by atoms with Gasteiger partial charge in [-0.2, -0.15) is 10.2 Å². The Morgan fingerprint density at radius 3 is 2.74 bits per heavy atom. The summed E-state index contributed by atoms with van der Waals surface area (Å²) in [5.41, 5.74) is 5.36. The Balaban J connectivity index is 1.78. The highest BCUT2D eigenvalue weighted by Crippen LogP contribution is 2.14. The molecule has 0 bridgehead atoms. The Morgan fingerprint density at radius 2 is 2.00 bits per heavy atom. The second-order valence-electron chi connectivity index (χ2n) is 5.03. The van der Waals surface area contributed by atoms with Gasteiger partial charge in [0.2, 0.25) is 0 Å². The topological polar surface area (TPSA) is 88.2 Å². The van der Waals surface area contributed by atoms with Crippen LogP contribution in [-0.4, -0.2) is 31.1 Å². The van der Waals surface area contributed by atoms with Crippen LogP contribution in [0, 0.1) is 13.8 Å². The molecule has 0 saturated carbocycles. The fourth-order valence-electron chi connectivity index (χ4n) is 2.15. The number of phenolic OH excluding ortho intramolecular Hbond substituents is 1. The first-order chi connectivity index (χ1) is 11.1. The highest BCUT2D eigenvalue weighted by Gasteiger charge is 2.06. The van der Waals surface area contributed by atoms with Crippen molar-refractivity contribution in [2.75, 3.05) is 5.43 Å². The van der Waals surface area contributed by atoms with Gasteiger partial charge in [-0.1, -0.05) is 12.1 Å². The molecule has 0 radical (unpaired) electrons. The minimum Gasteiger partial charge on any atom is -0.507 e. The van der Waals surface area contributed by atoms with Crippen LogP contribution in [0.5, 0.6) is 5.75 Å². The number of phenols is 1. The largest absolute Gasteiger partial charge is 0.507 e. The van der Waals surface area contributed by atoms with Crippen molar-refractivity contribution >= 4 is 12.0 Å². The molecule has 3 aromatic rings. The molecule has 0 fully saturated rings. The number of anilines is 1. The zero-order valence-electron chi connectivity index (χ0n) is 12.8. The summed E-state index contributed by atoms with van der Waals surface area (Å²) in [5.74, 6) is 1.36. The molecule has 0 aliphatic rings. The summed E-state index contributed by atoms with van der Waals surface area (Å²) < 4.78 is 1.74. The number of hydrogen-bond acceptors (Lipinski definition) is 6. The van der Waals surface area contributed by atoms with Crippen molar-refractivity contribution in [1.82, 2.24) is 19.7 Å². The monoisotopic (exact) mass is 308 g/mol. The first-order valence-corrected chi connectivity index (χ1v) is 7.06. The number of nitrogens with one attached hydrogen (secondary N) is 1. The van der Waals surface area contributed by atoms with E-state index in [9.17, 15) is 5.11 Å². The molecule has 2 aromatic heterocycles. The van der Waals surface area contributed by atoms with Crippen LogP contribution in [0.4, 0.5) is 5.82 Å². The van der Waals surface area contributed by atoms with Crippen molar-refractivity contribution < 1.29 is 5.11 Å². The zero-order valence-corrected chi connectivity index (χ0v) is 12.8. The summed E-state index contributed by atoms with van der Waals surface area (Å²) in [6.07, 6.45) is 2.98. The van der Waals surface area contributed by atoms with E-state index in [1.807, 2.05) is 26.0 Å². The van der Waals surface area contributed by atoms with Gasteiger partial charge in [0.05, 0.1) is 11.9 Å². The average molecular weight is 308 g/mol. The zero-order chi connectivity index (χ0) is 16.2. The molecule has 0 aliphatic carbocycles. The van der Waals surface area contributed by atoms with E-state index in [0.717, 1.165) is 11.4 Å². The number of aromatic nitrogens is 4. The van der Waals surface area contributed by atoms with E-state index in [2.05, 4.69) is 25.6 Å². The fourth-order valence-corrected chi connectivity index (χ4v) is 2.15. The summed E-state index contributed by atoms with van der Waals surface area (Å²) in [6.45, 7) is 3.89. The lowest BCUT2D eigenvalue weighted by Crippen LogP contribution is -2.04. The molecular formula is C16H16N6O. The number of benzene rings is 1. The molecule has 3 rings (SSSR count). The van der Waals surface area contributed by atoms with Gasteiger partial charge in [0.1, 0.15) is 12.1 Å². The smallest absolute Gasteiger partial charge is 0.159 e. The van der Waals surface area contributed by atoms with Crippen molar-refractivity contribution in [1.29, 1.82) is 0 Å². The van der Waals surface area contributed by atoms with Gasteiger partial charge in [0.15, 0.2) is 11.6 Å². The van der Waals surface area contributed by atoms with Crippen LogP contribution in [-0.2, 0) is 0 Å². The number of aryl methyl sites for hydroxylation is 2. The number of para-hydroxylation sites is 1. The van der Waals surface area contributed by atoms with E-state index >= 15 is 0 Å². The van der Waals surface area contributed by atoms with E-state index in [-0.39, 0.29) is 5.75 Å². The first kappa shape index (κ1) is 14.7. The Hall–Kier alpha value is -3.22. The Bertz CT molecular complexity index is 855. The summed E-state index contributed by atoms with van der Waals surface area (Å²) in [7, 11) is 0. The molecule has 7 nitrogen and oxygen atoms in total. The number of rotatable bonds is 4. The molecule has 0 spiro atoms. The Labute approximate surface area is 133 Å². The molecule has 0 atom stereocenters. The van der Waals surface area contributed by atoms with Crippen molar-refractivity contribution in [3.63, 3.8) is 0 Å². The molecule has 1 aromatic carbocycles. The maximum Gasteiger partial charge on any atom is 0.159 e. The number of aromatic hydroxyl groups is 1. The summed E-state index contributed by atoms with van der Waals surface area (Å²) in [6, 6.07) is 10.7. The lowest BCUT2D eigenvalue weighted by atomic mass is 10.2. The highest BCUT2D eigenvalue weighted by molar-refractivity contribution is 5.83. The van der Waals surface area contributed by atoms with Crippen LogP contribution in [0.25, 0.3) is 5.82 Å². The standard InChI is InChI=1S/C16H16N6O/c1-11-7-12(2)22(21-11)16-8-15(17-10-18-16)20-19-9-13-5-3-4-6-14(13)23/h3-10,23H,1-2H3,(H,17,18,20). The molecular weight excluding hydrogens is 292 g/mol. The van der Waals surface area contributed by atoms with Gasteiger partial charge in [-0.05, 0) is 32.0 Å². The van der Waals surface area contributed by atoms with Crippen molar-refractivity contribution in [2.24, 2.45) is 5.10 Å².